The van der Waals surface area contributed by atoms with Crippen LogP contribution in [0.5, 0.6) is 6.01 Å². The first-order valence-corrected chi connectivity index (χ1v) is 8.59. The van der Waals surface area contributed by atoms with Crippen molar-refractivity contribution in [1.82, 2.24) is 15.0 Å². The minimum atomic E-state index is -0.0668. The smallest absolute Gasteiger partial charge is 0.322 e. The van der Waals surface area contributed by atoms with Gasteiger partial charge in [0, 0.05) is 26.7 Å². The van der Waals surface area contributed by atoms with Gasteiger partial charge in [0.1, 0.15) is 0 Å². The highest BCUT2D eigenvalue weighted by Gasteiger charge is 2.37. The topological polar surface area (TPSA) is 72.4 Å². The molecule has 1 saturated heterocycles. The molecular formula is C16H27N5O2. The molecule has 0 radical (unpaired) electrons. The van der Waals surface area contributed by atoms with Crippen LogP contribution in [0.25, 0.3) is 0 Å². The third-order valence-corrected chi connectivity index (χ3v) is 4.94. The molecule has 1 aliphatic heterocycles. The van der Waals surface area contributed by atoms with Crippen molar-refractivity contribution in [1.29, 1.82) is 0 Å². The van der Waals surface area contributed by atoms with Crippen LogP contribution in [0.4, 0.5) is 11.9 Å². The van der Waals surface area contributed by atoms with Gasteiger partial charge in [0.25, 0.3) is 0 Å². The molecule has 2 heterocycles. The largest absolute Gasteiger partial charge is 0.467 e. The maximum absolute atomic E-state index is 5.64. The standard InChI is InChI=1S/C16H27N5O2/c1-22-15-19-13(17-12-16(23-2)8-7-9-16)18-14(20-15)21-10-5-3-4-6-11-21/h3-12H2,1-2H3,(H,17,18,19,20). The molecule has 0 spiro atoms. The predicted octanol–water partition coefficient (Wildman–Crippen LogP) is 2.24. The first-order valence-electron chi connectivity index (χ1n) is 8.59. The molecule has 1 aromatic rings. The van der Waals surface area contributed by atoms with Crippen LogP contribution >= 0.6 is 0 Å². The molecule has 0 unspecified atom stereocenters. The van der Waals surface area contributed by atoms with Gasteiger partial charge in [-0.05, 0) is 32.1 Å². The number of nitrogens with one attached hydrogen (secondary N) is 1. The number of aromatic nitrogens is 3. The highest BCUT2D eigenvalue weighted by atomic mass is 16.5. The van der Waals surface area contributed by atoms with E-state index in [0.29, 0.717) is 17.9 Å². The molecule has 2 aliphatic rings. The van der Waals surface area contributed by atoms with Gasteiger partial charge in [-0.3, -0.25) is 0 Å². The summed E-state index contributed by atoms with van der Waals surface area (Å²) in [4.78, 5) is 15.6. The Bertz CT molecular complexity index is 508. The number of anilines is 2. The SMILES string of the molecule is COc1nc(NCC2(OC)CCC2)nc(N2CCCCCC2)n1. The van der Waals surface area contributed by atoms with E-state index in [1.54, 1.807) is 14.2 Å². The van der Waals surface area contributed by atoms with E-state index >= 15 is 0 Å². The van der Waals surface area contributed by atoms with Crippen LogP contribution < -0.4 is 15.0 Å². The van der Waals surface area contributed by atoms with Crippen molar-refractivity contribution in [3.8, 4) is 6.01 Å². The van der Waals surface area contributed by atoms with E-state index in [0.717, 1.165) is 32.5 Å². The van der Waals surface area contributed by atoms with E-state index in [1.165, 1.54) is 32.1 Å². The maximum Gasteiger partial charge on any atom is 0.322 e. The number of methoxy groups -OCH3 is 2. The van der Waals surface area contributed by atoms with E-state index in [9.17, 15) is 0 Å². The zero-order valence-electron chi connectivity index (χ0n) is 14.2. The number of nitrogens with zero attached hydrogens (tertiary/aromatic N) is 4. The second-order valence-corrected chi connectivity index (χ2v) is 6.44. The van der Waals surface area contributed by atoms with Gasteiger partial charge in [-0.15, -0.1) is 0 Å². The molecule has 1 N–H and O–H groups in total. The average Bonchev–Trinajstić information content (AvgIpc) is 2.83. The predicted molar refractivity (Wildman–Crippen MR) is 89.1 cm³/mol. The Morgan fingerprint density at radius 3 is 2.30 bits per heavy atom. The van der Waals surface area contributed by atoms with E-state index in [4.69, 9.17) is 9.47 Å². The molecule has 3 rings (SSSR count). The zero-order chi connectivity index (χ0) is 16.1. The highest BCUT2D eigenvalue weighted by Crippen LogP contribution is 2.35. The van der Waals surface area contributed by atoms with Crippen LogP contribution in [0.2, 0.25) is 0 Å². The van der Waals surface area contributed by atoms with Crippen molar-refractivity contribution in [2.24, 2.45) is 0 Å². The second kappa shape index (κ2) is 7.29. The fraction of sp³-hybridized carbons (Fsp3) is 0.812. The van der Waals surface area contributed by atoms with Gasteiger partial charge >= 0.3 is 6.01 Å². The molecule has 0 bridgehead atoms. The van der Waals surface area contributed by atoms with Crippen molar-refractivity contribution >= 4 is 11.9 Å². The third kappa shape index (κ3) is 3.83. The molecular weight excluding hydrogens is 294 g/mol. The molecule has 0 aromatic carbocycles. The van der Waals surface area contributed by atoms with E-state index in [2.05, 4.69) is 25.2 Å². The number of hydrogen-bond acceptors (Lipinski definition) is 7. The lowest BCUT2D eigenvalue weighted by atomic mass is 9.80. The third-order valence-electron chi connectivity index (χ3n) is 4.94. The van der Waals surface area contributed by atoms with Crippen molar-refractivity contribution in [2.75, 3.05) is 44.1 Å². The van der Waals surface area contributed by atoms with Gasteiger partial charge in [-0.1, -0.05) is 12.8 Å². The molecule has 1 saturated carbocycles. The fourth-order valence-electron chi connectivity index (χ4n) is 3.19. The van der Waals surface area contributed by atoms with E-state index < -0.39 is 0 Å². The van der Waals surface area contributed by atoms with Gasteiger partial charge in [0.05, 0.1) is 12.7 Å². The summed E-state index contributed by atoms with van der Waals surface area (Å²) in [5.74, 6) is 1.28. The Hall–Kier alpha value is -1.63. The molecule has 1 aliphatic carbocycles. The van der Waals surface area contributed by atoms with Crippen LogP contribution in [-0.2, 0) is 4.74 Å². The second-order valence-electron chi connectivity index (χ2n) is 6.44. The summed E-state index contributed by atoms with van der Waals surface area (Å²) in [6.45, 7) is 2.71. The summed E-state index contributed by atoms with van der Waals surface area (Å²) in [6, 6.07) is 0.363. The summed E-state index contributed by atoms with van der Waals surface area (Å²) >= 11 is 0. The maximum atomic E-state index is 5.64. The lowest BCUT2D eigenvalue weighted by molar-refractivity contribution is -0.0602. The van der Waals surface area contributed by atoms with Gasteiger partial charge in [-0.2, -0.15) is 15.0 Å². The van der Waals surface area contributed by atoms with Crippen molar-refractivity contribution in [3.63, 3.8) is 0 Å². The van der Waals surface area contributed by atoms with Crippen molar-refractivity contribution in [2.45, 2.75) is 50.5 Å². The van der Waals surface area contributed by atoms with Gasteiger partial charge in [0.2, 0.25) is 11.9 Å². The first-order chi connectivity index (χ1) is 11.2. The molecule has 128 valence electrons. The zero-order valence-corrected chi connectivity index (χ0v) is 14.2. The summed E-state index contributed by atoms with van der Waals surface area (Å²) in [6.07, 6.45) is 8.30. The van der Waals surface area contributed by atoms with Gasteiger partial charge in [0.15, 0.2) is 0 Å². The van der Waals surface area contributed by atoms with Crippen LogP contribution in [0.3, 0.4) is 0 Å². The summed E-state index contributed by atoms with van der Waals surface area (Å²) in [7, 11) is 3.37. The molecule has 7 nitrogen and oxygen atoms in total. The van der Waals surface area contributed by atoms with Crippen molar-refractivity contribution in [3.05, 3.63) is 0 Å². The monoisotopic (exact) mass is 321 g/mol. The molecule has 7 heteroatoms. The first kappa shape index (κ1) is 16.2. The van der Waals surface area contributed by atoms with E-state index in [-0.39, 0.29) is 5.60 Å². The molecule has 1 aromatic heterocycles. The molecule has 23 heavy (non-hydrogen) atoms. The summed E-state index contributed by atoms with van der Waals surface area (Å²) < 4.78 is 10.9. The Morgan fingerprint density at radius 1 is 1.00 bits per heavy atom. The van der Waals surface area contributed by atoms with E-state index in [1.807, 2.05) is 0 Å². The summed E-state index contributed by atoms with van der Waals surface area (Å²) in [5, 5.41) is 3.31. The number of hydrogen-bond donors (Lipinski definition) is 1. The van der Waals surface area contributed by atoms with Gasteiger partial charge in [-0.25, -0.2) is 0 Å². The van der Waals surface area contributed by atoms with Crippen LogP contribution in [0.15, 0.2) is 0 Å². The minimum absolute atomic E-state index is 0.0668. The average molecular weight is 321 g/mol. The Morgan fingerprint density at radius 2 is 1.74 bits per heavy atom. The summed E-state index contributed by atoms with van der Waals surface area (Å²) in [5.41, 5.74) is -0.0668. The fourth-order valence-corrected chi connectivity index (χ4v) is 3.19. The van der Waals surface area contributed by atoms with Gasteiger partial charge < -0.3 is 19.7 Å². The molecule has 0 atom stereocenters. The highest BCUT2D eigenvalue weighted by molar-refractivity contribution is 5.39. The Labute approximate surface area is 137 Å². The quantitative estimate of drug-likeness (QED) is 0.861. The molecule has 0 amide bonds. The van der Waals surface area contributed by atoms with Crippen LogP contribution in [0.1, 0.15) is 44.9 Å². The number of rotatable bonds is 6. The lowest BCUT2D eigenvalue weighted by Gasteiger charge is -2.40. The molecule has 2 fully saturated rings. The lowest BCUT2D eigenvalue weighted by Crippen LogP contribution is -2.45. The van der Waals surface area contributed by atoms with Crippen LogP contribution in [0, 0.1) is 0 Å². The normalized spacial score (nSPS) is 20.5. The van der Waals surface area contributed by atoms with Crippen molar-refractivity contribution < 1.29 is 9.47 Å². The number of ether oxygens (including phenoxy) is 2. The van der Waals surface area contributed by atoms with Crippen LogP contribution in [-0.4, -0.2) is 54.4 Å². The Kier molecular flexibility index (Phi) is 5.15. The Balaban J connectivity index is 1.72. The minimum Gasteiger partial charge on any atom is -0.467 e.